The van der Waals surface area contributed by atoms with E-state index in [0.29, 0.717) is 18.8 Å². The summed E-state index contributed by atoms with van der Waals surface area (Å²) in [6.07, 6.45) is 2.15. The van der Waals surface area contributed by atoms with Gasteiger partial charge in [0.05, 0.1) is 6.54 Å². The van der Waals surface area contributed by atoms with Gasteiger partial charge in [0, 0.05) is 31.6 Å². The summed E-state index contributed by atoms with van der Waals surface area (Å²) in [6, 6.07) is 15.1. The molecule has 0 bridgehead atoms. The smallest absolute Gasteiger partial charge is 0.273 e. The summed E-state index contributed by atoms with van der Waals surface area (Å²) in [5, 5.41) is 2.80. The lowest BCUT2D eigenvalue weighted by molar-refractivity contribution is 0.0787. The molecule has 6 heteroatoms. The molecule has 0 atom stereocenters. The van der Waals surface area contributed by atoms with Crippen LogP contribution >= 0.6 is 11.3 Å². The van der Waals surface area contributed by atoms with Gasteiger partial charge >= 0.3 is 0 Å². The average Bonchev–Trinajstić information content (AvgIpc) is 3.43. The maximum absolute atomic E-state index is 13.3. The van der Waals surface area contributed by atoms with Crippen LogP contribution in [0.1, 0.15) is 45.0 Å². The van der Waals surface area contributed by atoms with E-state index in [0.717, 1.165) is 43.0 Å². The first-order valence-corrected chi connectivity index (χ1v) is 11.2. The van der Waals surface area contributed by atoms with Crippen LogP contribution in [0.2, 0.25) is 0 Å². The van der Waals surface area contributed by atoms with E-state index >= 15 is 0 Å². The fraction of sp³-hybridized carbons (Fsp3) is 0.333. The van der Waals surface area contributed by atoms with Crippen molar-refractivity contribution in [3.8, 4) is 0 Å². The molecule has 2 heterocycles. The second-order valence-electron chi connectivity index (χ2n) is 7.88. The van der Waals surface area contributed by atoms with E-state index in [9.17, 15) is 9.18 Å². The van der Waals surface area contributed by atoms with Gasteiger partial charge in [-0.15, -0.1) is 11.3 Å². The molecule has 2 aromatic carbocycles. The van der Waals surface area contributed by atoms with Gasteiger partial charge in [-0.05, 0) is 43.0 Å². The van der Waals surface area contributed by atoms with Gasteiger partial charge in [-0.1, -0.05) is 42.0 Å². The Morgan fingerprint density at radius 1 is 1.00 bits per heavy atom. The predicted molar refractivity (Wildman–Crippen MR) is 118 cm³/mol. The van der Waals surface area contributed by atoms with Crippen LogP contribution < -0.4 is 0 Å². The summed E-state index contributed by atoms with van der Waals surface area (Å²) in [5.41, 5.74) is 4.05. The minimum atomic E-state index is -0.228. The number of nitrogens with zero attached hydrogens (tertiary/aromatic N) is 3. The van der Waals surface area contributed by atoms with Gasteiger partial charge in [0.15, 0.2) is 0 Å². The topological polar surface area (TPSA) is 36.4 Å². The molecule has 1 saturated heterocycles. The summed E-state index contributed by atoms with van der Waals surface area (Å²) in [7, 11) is 0. The van der Waals surface area contributed by atoms with Crippen molar-refractivity contribution in [2.45, 2.75) is 39.4 Å². The first-order chi connectivity index (χ1) is 14.6. The molecule has 1 aliphatic heterocycles. The number of benzene rings is 2. The SMILES string of the molecule is Cc1ccc(CN(Cc2ccc(F)cc2)Cc2nc(C(=O)N3CCCC3)cs2)cc1. The Bertz CT molecular complexity index is 931. The molecule has 3 aromatic rings. The van der Waals surface area contributed by atoms with Crippen LogP contribution in [0.4, 0.5) is 4.39 Å². The molecule has 30 heavy (non-hydrogen) atoms. The van der Waals surface area contributed by atoms with Crippen molar-refractivity contribution in [3.63, 3.8) is 0 Å². The lowest BCUT2D eigenvalue weighted by Crippen LogP contribution is -2.28. The number of amides is 1. The lowest BCUT2D eigenvalue weighted by Gasteiger charge is -2.22. The summed E-state index contributed by atoms with van der Waals surface area (Å²) >= 11 is 1.53. The molecule has 1 fully saturated rings. The third kappa shape index (κ3) is 5.32. The Labute approximate surface area is 181 Å². The number of carbonyl (C=O) groups excluding carboxylic acids is 1. The van der Waals surface area contributed by atoms with Crippen LogP contribution in [0.15, 0.2) is 53.9 Å². The van der Waals surface area contributed by atoms with Crippen LogP contribution in [0.25, 0.3) is 0 Å². The molecule has 1 aromatic heterocycles. The van der Waals surface area contributed by atoms with Crippen molar-refractivity contribution in [3.05, 3.63) is 87.1 Å². The molecule has 0 saturated carbocycles. The average molecular weight is 424 g/mol. The van der Waals surface area contributed by atoms with Crippen molar-refractivity contribution in [2.24, 2.45) is 0 Å². The number of halogens is 1. The second kappa shape index (κ2) is 9.49. The number of hydrogen-bond acceptors (Lipinski definition) is 4. The number of thiazole rings is 1. The van der Waals surface area contributed by atoms with E-state index in [-0.39, 0.29) is 11.7 Å². The number of rotatable bonds is 7. The molecule has 0 N–H and O–H groups in total. The molecular formula is C24H26FN3OS. The third-order valence-corrected chi connectivity index (χ3v) is 6.20. The quantitative estimate of drug-likeness (QED) is 0.535. The zero-order valence-electron chi connectivity index (χ0n) is 17.2. The van der Waals surface area contributed by atoms with Crippen LogP contribution in [0.5, 0.6) is 0 Å². The molecule has 0 spiro atoms. The Kier molecular flexibility index (Phi) is 6.55. The minimum absolute atomic E-state index is 0.0404. The van der Waals surface area contributed by atoms with Crippen molar-refractivity contribution in [1.29, 1.82) is 0 Å². The van der Waals surface area contributed by atoms with Crippen molar-refractivity contribution < 1.29 is 9.18 Å². The maximum Gasteiger partial charge on any atom is 0.273 e. The number of carbonyl (C=O) groups is 1. The first-order valence-electron chi connectivity index (χ1n) is 10.3. The Morgan fingerprint density at radius 2 is 1.60 bits per heavy atom. The second-order valence-corrected chi connectivity index (χ2v) is 8.83. The maximum atomic E-state index is 13.3. The Hall–Kier alpha value is -2.57. The van der Waals surface area contributed by atoms with Crippen molar-refractivity contribution in [2.75, 3.05) is 13.1 Å². The molecule has 156 valence electrons. The van der Waals surface area contributed by atoms with Crippen molar-refractivity contribution in [1.82, 2.24) is 14.8 Å². The lowest BCUT2D eigenvalue weighted by atomic mass is 10.1. The normalized spacial score (nSPS) is 13.9. The third-order valence-electron chi connectivity index (χ3n) is 5.37. The van der Waals surface area contributed by atoms with Gasteiger partial charge in [-0.3, -0.25) is 9.69 Å². The fourth-order valence-corrected chi connectivity index (χ4v) is 4.53. The van der Waals surface area contributed by atoms with E-state index in [1.165, 1.54) is 34.6 Å². The van der Waals surface area contributed by atoms with Crippen LogP contribution in [-0.4, -0.2) is 33.8 Å². The number of likely N-dealkylation sites (tertiary alicyclic amines) is 1. The van der Waals surface area contributed by atoms with Crippen LogP contribution in [0, 0.1) is 12.7 Å². The van der Waals surface area contributed by atoms with Crippen molar-refractivity contribution >= 4 is 17.2 Å². The highest BCUT2D eigenvalue weighted by atomic mass is 32.1. The molecule has 0 radical (unpaired) electrons. The molecule has 0 aliphatic carbocycles. The van der Waals surface area contributed by atoms with E-state index < -0.39 is 0 Å². The number of hydrogen-bond donors (Lipinski definition) is 0. The largest absolute Gasteiger partial charge is 0.337 e. The first kappa shape index (κ1) is 20.7. The summed E-state index contributed by atoms with van der Waals surface area (Å²) < 4.78 is 13.3. The minimum Gasteiger partial charge on any atom is -0.337 e. The molecule has 1 aliphatic rings. The zero-order chi connectivity index (χ0) is 20.9. The molecular weight excluding hydrogens is 397 g/mol. The van der Waals surface area contributed by atoms with Gasteiger partial charge in [-0.2, -0.15) is 0 Å². The molecule has 4 rings (SSSR count). The van der Waals surface area contributed by atoms with E-state index in [1.807, 2.05) is 22.4 Å². The molecule has 0 unspecified atom stereocenters. The zero-order valence-corrected chi connectivity index (χ0v) is 18.0. The van der Waals surface area contributed by atoms with E-state index in [4.69, 9.17) is 0 Å². The Balaban J connectivity index is 1.49. The van der Waals surface area contributed by atoms with E-state index in [2.05, 4.69) is 41.1 Å². The highest BCUT2D eigenvalue weighted by molar-refractivity contribution is 7.09. The molecule has 4 nitrogen and oxygen atoms in total. The highest BCUT2D eigenvalue weighted by Gasteiger charge is 2.22. The van der Waals surface area contributed by atoms with Gasteiger partial charge < -0.3 is 4.90 Å². The highest BCUT2D eigenvalue weighted by Crippen LogP contribution is 2.20. The number of aryl methyl sites for hydroxylation is 1. The van der Waals surface area contributed by atoms with Gasteiger partial charge in [0.25, 0.3) is 5.91 Å². The van der Waals surface area contributed by atoms with Crippen LogP contribution in [-0.2, 0) is 19.6 Å². The number of aromatic nitrogens is 1. The monoisotopic (exact) mass is 423 g/mol. The van der Waals surface area contributed by atoms with Crippen LogP contribution in [0.3, 0.4) is 0 Å². The van der Waals surface area contributed by atoms with E-state index in [1.54, 1.807) is 0 Å². The summed E-state index contributed by atoms with van der Waals surface area (Å²) in [5.74, 6) is -0.188. The van der Waals surface area contributed by atoms with Gasteiger partial charge in [0.2, 0.25) is 0 Å². The fourth-order valence-electron chi connectivity index (χ4n) is 3.72. The van der Waals surface area contributed by atoms with Gasteiger partial charge in [0.1, 0.15) is 16.5 Å². The standard InChI is InChI=1S/C24H26FN3OS/c1-18-4-6-19(7-5-18)14-27(15-20-8-10-21(25)11-9-20)16-23-26-22(17-30-23)24(29)28-12-2-3-13-28/h4-11,17H,2-3,12-16H2,1H3. The van der Waals surface area contributed by atoms with Gasteiger partial charge in [-0.25, -0.2) is 9.37 Å². The molecule has 1 amide bonds. The Morgan fingerprint density at radius 3 is 2.23 bits per heavy atom. The summed E-state index contributed by atoms with van der Waals surface area (Å²) in [6.45, 7) is 5.82. The predicted octanol–water partition coefficient (Wildman–Crippen LogP) is 5.03. The summed E-state index contributed by atoms with van der Waals surface area (Å²) in [4.78, 5) is 21.4.